The summed E-state index contributed by atoms with van der Waals surface area (Å²) in [6.07, 6.45) is 0. The van der Waals surface area contributed by atoms with Crippen molar-refractivity contribution < 1.29 is 14.3 Å². The zero-order chi connectivity index (χ0) is 19.1. The number of aliphatic imine (C=N–C) groups is 1. The standard InChI is InChI=1S/C18H17Cl3N2O3/c1-22-18(24-2)17(23-25-3)12-7-5-4-6-11(12)10-26-16-9-14(20)13(19)8-15(16)21/h4-9H,10H2,1-3H3/b22-18+,23-17-. The van der Waals surface area contributed by atoms with Crippen LogP contribution in [0.3, 0.4) is 0 Å². The lowest BCUT2D eigenvalue weighted by Crippen LogP contribution is -2.20. The van der Waals surface area contributed by atoms with Gasteiger partial charge in [-0.15, -0.1) is 0 Å². The Bertz CT molecular complexity index is 838. The van der Waals surface area contributed by atoms with Crippen molar-refractivity contribution in [3.8, 4) is 5.75 Å². The third-order valence-electron chi connectivity index (χ3n) is 3.41. The van der Waals surface area contributed by atoms with Gasteiger partial charge in [0.25, 0.3) is 0 Å². The van der Waals surface area contributed by atoms with Crippen LogP contribution in [0.1, 0.15) is 11.1 Å². The first-order valence-corrected chi connectivity index (χ1v) is 8.63. The fourth-order valence-electron chi connectivity index (χ4n) is 2.24. The number of rotatable bonds is 6. The van der Waals surface area contributed by atoms with Crippen LogP contribution < -0.4 is 4.74 Å². The predicted molar refractivity (Wildman–Crippen MR) is 106 cm³/mol. The smallest absolute Gasteiger partial charge is 0.238 e. The molecule has 0 spiro atoms. The van der Waals surface area contributed by atoms with Crippen molar-refractivity contribution in [1.29, 1.82) is 0 Å². The van der Waals surface area contributed by atoms with Crippen LogP contribution in [0.2, 0.25) is 15.1 Å². The molecule has 2 aromatic carbocycles. The molecule has 26 heavy (non-hydrogen) atoms. The monoisotopic (exact) mass is 414 g/mol. The molecule has 0 heterocycles. The fraction of sp³-hybridized carbons (Fsp3) is 0.222. The molecule has 5 nitrogen and oxygen atoms in total. The predicted octanol–water partition coefficient (Wildman–Crippen LogP) is 5.25. The van der Waals surface area contributed by atoms with Gasteiger partial charge in [0, 0.05) is 18.7 Å². The molecule has 0 bridgehead atoms. The summed E-state index contributed by atoms with van der Waals surface area (Å²) in [6, 6.07) is 10.6. The molecule has 0 aliphatic heterocycles. The maximum atomic E-state index is 6.16. The van der Waals surface area contributed by atoms with E-state index in [0.717, 1.165) is 11.1 Å². The van der Waals surface area contributed by atoms with E-state index in [1.165, 1.54) is 20.3 Å². The van der Waals surface area contributed by atoms with Crippen LogP contribution in [0.5, 0.6) is 5.75 Å². The first-order valence-electron chi connectivity index (χ1n) is 7.49. The third-order valence-corrected chi connectivity index (χ3v) is 4.43. The summed E-state index contributed by atoms with van der Waals surface area (Å²) in [6.45, 7) is 0.220. The molecule has 8 heteroatoms. The summed E-state index contributed by atoms with van der Waals surface area (Å²) in [4.78, 5) is 9.03. The molecule has 0 saturated carbocycles. The summed E-state index contributed by atoms with van der Waals surface area (Å²) < 4.78 is 11.1. The molecule has 0 unspecified atom stereocenters. The zero-order valence-electron chi connectivity index (χ0n) is 14.4. The largest absolute Gasteiger partial charge is 0.487 e. The highest BCUT2D eigenvalue weighted by Crippen LogP contribution is 2.34. The Labute approximate surface area is 167 Å². The number of oxime groups is 1. The van der Waals surface area contributed by atoms with E-state index in [1.807, 2.05) is 24.3 Å². The molecular formula is C18H17Cl3N2O3. The van der Waals surface area contributed by atoms with Crippen LogP contribution in [0.25, 0.3) is 0 Å². The van der Waals surface area contributed by atoms with Gasteiger partial charge in [0.15, 0.2) is 5.71 Å². The van der Waals surface area contributed by atoms with Crippen LogP contribution in [-0.4, -0.2) is 32.9 Å². The number of benzene rings is 2. The van der Waals surface area contributed by atoms with Crippen LogP contribution in [0.4, 0.5) is 0 Å². The van der Waals surface area contributed by atoms with Crippen LogP contribution >= 0.6 is 34.8 Å². The number of hydrogen-bond acceptors (Lipinski definition) is 5. The van der Waals surface area contributed by atoms with Gasteiger partial charge in [-0.3, -0.25) is 4.99 Å². The summed E-state index contributed by atoms with van der Waals surface area (Å²) in [5.41, 5.74) is 2.05. The number of nitrogens with zero attached hydrogens (tertiary/aromatic N) is 2. The third kappa shape index (κ3) is 4.81. The first-order chi connectivity index (χ1) is 12.5. The van der Waals surface area contributed by atoms with Crippen molar-refractivity contribution in [1.82, 2.24) is 0 Å². The van der Waals surface area contributed by atoms with Crippen molar-refractivity contribution in [2.24, 2.45) is 10.1 Å². The van der Waals surface area contributed by atoms with E-state index in [0.29, 0.717) is 32.4 Å². The van der Waals surface area contributed by atoms with E-state index in [9.17, 15) is 0 Å². The molecule has 0 aliphatic carbocycles. The second kappa shape index (κ2) is 9.67. The molecule has 2 aromatic rings. The number of methoxy groups -OCH3 is 1. The quantitative estimate of drug-likeness (QED) is 0.280. The van der Waals surface area contributed by atoms with Gasteiger partial charge >= 0.3 is 0 Å². The van der Waals surface area contributed by atoms with Gasteiger partial charge < -0.3 is 14.3 Å². The maximum absolute atomic E-state index is 6.16. The molecule has 0 saturated heterocycles. The molecule has 138 valence electrons. The van der Waals surface area contributed by atoms with Crippen molar-refractivity contribution >= 4 is 46.4 Å². The lowest BCUT2D eigenvalue weighted by atomic mass is 10.0. The molecular weight excluding hydrogens is 399 g/mol. The van der Waals surface area contributed by atoms with E-state index >= 15 is 0 Å². The topological polar surface area (TPSA) is 52.4 Å². The van der Waals surface area contributed by atoms with Gasteiger partial charge in [-0.2, -0.15) is 0 Å². The molecule has 0 radical (unpaired) electrons. The second-order valence-corrected chi connectivity index (χ2v) is 6.22. The van der Waals surface area contributed by atoms with E-state index in [-0.39, 0.29) is 6.61 Å². The Hall–Kier alpha value is -1.95. The Morgan fingerprint density at radius 2 is 1.69 bits per heavy atom. The summed E-state index contributed by atoms with van der Waals surface area (Å²) in [5.74, 6) is 0.768. The minimum Gasteiger partial charge on any atom is -0.487 e. The number of ether oxygens (including phenoxy) is 2. The molecule has 0 aliphatic rings. The lowest BCUT2D eigenvalue weighted by molar-refractivity contribution is 0.213. The highest BCUT2D eigenvalue weighted by molar-refractivity contribution is 6.45. The Balaban J connectivity index is 2.35. The average Bonchev–Trinajstić information content (AvgIpc) is 2.64. The minimum absolute atomic E-state index is 0.220. The van der Waals surface area contributed by atoms with E-state index in [4.69, 9.17) is 49.1 Å². The summed E-state index contributed by atoms with van der Waals surface area (Å²) in [7, 11) is 4.58. The van der Waals surface area contributed by atoms with E-state index in [1.54, 1.807) is 13.1 Å². The minimum atomic E-state index is 0.220. The van der Waals surface area contributed by atoms with Crippen molar-refractivity contribution in [3.63, 3.8) is 0 Å². The van der Waals surface area contributed by atoms with Gasteiger partial charge in [-0.1, -0.05) is 64.2 Å². The van der Waals surface area contributed by atoms with E-state index in [2.05, 4.69) is 10.1 Å². The maximum Gasteiger partial charge on any atom is 0.238 e. The molecule has 0 N–H and O–H groups in total. The van der Waals surface area contributed by atoms with Gasteiger partial charge in [0.05, 0.1) is 22.2 Å². The Kier molecular flexibility index (Phi) is 7.57. The normalized spacial score (nSPS) is 12.1. The van der Waals surface area contributed by atoms with Crippen LogP contribution in [0.15, 0.2) is 46.5 Å². The average molecular weight is 416 g/mol. The lowest BCUT2D eigenvalue weighted by Gasteiger charge is -2.14. The zero-order valence-corrected chi connectivity index (χ0v) is 16.7. The van der Waals surface area contributed by atoms with Crippen LogP contribution in [-0.2, 0) is 16.2 Å². The summed E-state index contributed by atoms with van der Waals surface area (Å²) in [5, 5.41) is 5.13. The van der Waals surface area contributed by atoms with Crippen molar-refractivity contribution in [2.75, 3.05) is 21.3 Å². The molecule has 0 amide bonds. The molecule has 0 atom stereocenters. The van der Waals surface area contributed by atoms with Crippen LogP contribution in [0, 0.1) is 0 Å². The number of hydrogen-bond donors (Lipinski definition) is 0. The highest BCUT2D eigenvalue weighted by Gasteiger charge is 2.17. The van der Waals surface area contributed by atoms with Gasteiger partial charge in [0.1, 0.15) is 19.5 Å². The Morgan fingerprint density at radius 3 is 2.35 bits per heavy atom. The van der Waals surface area contributed by atoms with Gasteiger partial charge in [-0.05, 0) is 11.6 Å². The molecule has 2 rings (SSSR count). The van der Waals surface area contributed by atoms with Crippen molar-refractivity contribution in [2.45, 2.75) is 6.61 Å². The summed E-state index contributed by atoms with van der Waals surface area (Å²) >= 11 is 18.1. The van der Waals surface area contributed by atoms with Gasteiger partial charge in [-0.25, -0.2) is 0 Å². The molecule has 0 aromatic heterocycles. The van der Waals surface area contributed by atoms with E-state index < -0.39 is 0 Å². The van der Waals surface area contributed by atoms with Gasteiger partial charge in [0.2, 0.25) is 5.90 Å². The number of halogens is 3. The SMILES string of the molecule is C/N=C(OC)\C(=N/OC)c1ccccc1COc1cc(Cl)c(Cl)cc1Cl. The Morgan fingerprint density at radius 1 is 1.00 bits per heavy atom. The second-order valence-electron chi connectivity index (χ2n) is 5.00. The molecule has 0 fully saturated rings. The highest BCUT2D eigenvalue weighted by atomic mass is 35.5. The first kappa shape index (κ1) is 20.4. The van der Waals surface area contributed by atoms with Crippen molar-refractivity contribution in [3.05, 3.63) is 62.6 Å². The fourth-order valence-corrected chi connectivity index (χ4v) is 2.83.